The van der Waals surface area contributed by atoms with Crippen molar-refractivity contribution < 1.29 is 4.79 Å². The molecule has 0 saturated carbocycles. The summed E-state index contributed by atoms with van der Waals surface area (Å²) in [4.78, 5) is 11.4. The topological polar surface area (TPSA) is 41.1 Å². The molecule has 18 heavy (non-hydrogen) atoms. The quantitative estimate of drug-likeness (QED) is 0.759. The molecule has 3 nitrogen and oxygen atoms in total. The van der Waals surface area contributed by atoms with Gasteiger partial charge in [-0.25, -0.2) is 0 Å². The maximum atomic E-state index is 11.4. The first kappa shape index (κ1) is 14.7. The second-order valence-electron chi connectivity index (χ2n) is 5.14. The normalized spacial score (nSPS) is 10.7. The number of benzene rings is 1. The Kier molecular flexibility index (Phi) is 5.86. The minimum atomic E-state index is 0.109. The van der Waals surface area contributed by atoms with E-state index in [1.807, 2.05) is 13.8 Å². The third-order valence-corrected chi connectivity index (χ3v) is 2.59. The summed E-state index contributed by atoms with van der Waals surface area (Å²) in [5, 5.41) is 6.18. The molecule has 1 aromatic carbocycles. The van der Waals surface area contributed by atoms with Crippen LogP contribution < -0.4 is 10.6 Å². The zero-order valence-corrected chi connectivity index (χ0v) is 11.8. The molecule has 0 radical (unpaired) electrons. The van der Waals surface area contributed by atoms with E-state index in [1.54, 1.807) is 0 Å². The lowest BCUT2D eigenvalue weighted by Crippen LogP contribution is -2.32. The van der Waals surface area contributed by atoms with E-state index in [0.29, 0.717) is 13.0 Å². The van der Waals surface area contributed by atoms with Gasteiger partial charge in [-0.3, -0.25) is 4.79 Å². The molecule has 0 atom stereocenters. The van der Waals surface area contributed by atoms with E-state index in [2.05, 4.69) is 42.7 Å². The van der Waals surface area contributed by atoms with Gasteiger partial charge in [0.2, 0.25) is 5.91 Å². The van der Waals surface area contributed by atoms with E-state index < -0.39 is 0 Å². The van der Waals surface area contributed by atoms with E-state index in [-0.39, 0.29) is 11.9 Å². The zero-order valence-electron chi connectivity index (χ0n) is 11.8. The van der Waals surface area contributed by atoms with Gasteiger partial charge in [-0.05, 0) is 33.3 Å². The summed E-state index contributed by atoms with van der Waals surface area (Å²) >= 11 is 0. The van der Waals surface area contributed by atoms with Gasteiger partial charge in [0.15, 0.2) is 0 Å². The van der Waals surface area contributed by atoms with Crippen molar-refractivity contribution >= 4 is 5.91 Å². The molecule has 0 bridgehead atoms. The minimum absolute atomic E-state index is 0.109. The van der Waals surface area contributed by atoms with Gasteiger partial charge in [-0.2, -0.15) is 0 Å². The summed E-state index contributed by atoms with van der Waals surface area (Å²) in [5.74, 6) is 0.109. The first-order valence-corrected chi connectivity index (χ1v) is 6.54. The van der Waals surface area contributed by atoms with Crippen molar-refractivity contribution in [3.05, 3.63) is 34.9 Å². The Bertz CT molecular complexity index is 379. The number of hydrogen-bond donors (Lipinski definition) is 2. The van der Waals surface area contributed by atoms with Crippen LogP contribution in [0, 0.1) is 13.8 Å². The third-order valence-electron chi connectivity index (χ3n) is 2.59. The summed E-state index contributed by atoms with van der Waals surface area (Å²) in [5.41, 5.74) is 3.84. The van der Waals surface area contributed by atoms with Gasteiger partial charge < -0.3 is 10.6 Å². The van der Waals surface area contributed by atoms with Crippen molar-refractivity contribution in [3.63, 3.8) is 0 Å². The van der Waals surface area contributed by atoms with Crippen LogP contribution in [0.3, 0.4) is 0 Å². The predicted octanol–water partition coefficient (Wildman–Crippen LogP) is 2.31. The van der Waals surface area contributed by atoms with Crippen LogP contribution >= 0.6 is 0 Å². The molecule has 0 saturated heterocycles. The highest BCUT2D eigenvalue weighted by atomic mass is 16.1. The smallest absolute Gasteiger partial charge is 0.221 e. The summed E-state index contributed by atoms with van der Waals surface area (Å²) in [6, 6.07) is 6.74. The fraction of sp³-hybridized carbons (Fsp3) is 0.533. The number of aryl methyl sites for hydroxylation is 2. The molecule has 100 valence electrons. The first-order chi connectivity index (χ1) is 8.47. The highest BCUT2D eigenvalue weighted by Gasteiger charge is 2.02. The van der Waals surface area contributed by atoms with Crippen molar-refractivity contribution in [1.29, 1.82) is 0 Å². The monoisotopic (exact) mass is 248 g/mol. The van der Waals surface area contributed by atoms with Crippen LogP contribution in [-0.4, -0.2) is 18.5 Å². The number of rotatable bonds is 6. The van der Waals surface area contributed by atoms with Crippen LogP contribution in [0.1, 0.15) is 37.0 Å². The predicted molar refractivity (Wildman–Crippen MR) is 75.5 cm³/mol. The fourth-order valence-corrected chi connectivity index (χ4v) is 2.00. The molecule has 0 heterocycles. The average Bonchev–Trinajstić information content (AvgIpc) is 2.22. The Morgan fingerprint density at radius 1 is 1.17 bits per heavy atom. The van der Waals surface area contributed by atoms with E-state index in [4.69, 9.17) is 0 Å². The van der Waals surface area contributed by atoms with Gasteiger partial charge in [-0.15, -0.1) is 0 Å². The van der Waals surface area contributed by atoms with Crippen LogP contribution in [0.15, 0.2) is 18.2 Å². The number of hydrogen-bond acceptors (Lipinski definition) is 2. The van der Waals surface area contributed by atoms with Crippen molar-refractivity contribution in [3.8, 4) is 0 Å². The average molecular weight is 248 g/mol. The lowest BCUT2D eigenvalue weighted by molar-refractivity contribution is -0.121. The third kappa shape index (κ3) is 5.82. The molecular formula is C15H24N2O. The van der Waals surface area contributed by atoms with E-state index >= 15 is 0 Å². The van der Waals surface area contributed by atoms with E-state index in [1.165, 1.54) is 16.7 Å². The molecule has 0 fully saturated rings. The van der Waals surface area contributed by atoms with Crippen molar-refractivity contribution in [1.82, 2.24) is 10.6 Å². The highest BCUT2D eigenvalue weighted by molar-refractivity contribution is 5.76. The number of carbonyl (C=O) groups is 1. The molecule has 1 rings (SSSR count). The molecule has 0 spiro atoms. The van der Waals surface area contributed by atoms with Gasteiger partial charge in [0.1, 0.15) is 0 Å². The molecule has 0 aliphatic carbocycles. The summed E-state index contributed by atoms with van der Waals surface area (Å²) in [6.07, 6.45) is 0.531. The van der Waals surface area contributed by atoms with Crippen molar-refractivity contribution in [2.45, 2.75) is 46.7 Å². The van der Waals surface area contributed by atoms with Gasteiger partial charge in [-0.1, -0.05) is 29.3 Å². The van der Waals surface area contributed by atoms with Gasteiger partial charge >= 0.3 is 0 Å². The second-order valence-corrected chi connectivity index (χ2v) is 5.14. The van der Waals surface area contributed by atoms with E-state index in [0.717, 1.165) is 6.54 Å². The minimum Gasteiger partial charge on any atom is -0.354 e. The molecule has 1 amide bonds. The SMILES string of the molecule is Cc1cc(C)cc(CNCCC(=O)NC(C)C)c1. The van der Waals surface area contributed by atoms with Gasteiger partial charge in [0.25, 0.3) is 0 Å². The molecule has 0 aliphatic rings. The van der Waals surface area contributed by atoms with Gasteiger partial charge in [0.05, 0.1) is 0 Å². The molecule has 0 aromatic heterocycles. The van der Waals surface area contributed by atoms with Crippen LogP contribution in [0.25, 0.3) is 0 Å². The molecule has 2 N–H and O–H groups in total. The lowest BCUT2D eigenvalue weighted by atomic mass is 10.1. The van der Waals surface area contributed by atoms with Crippen molar-refractivity contribution in [2.75, 3.05) is 6.54 Å². The number of carbonyl (C=O) groups excluding carboxylic acids is 1. The summed E-state index contributed by atoms with van der Waals surface area (Å²) in [7, 11) is 0. The van der Waals surface area contributed by atoms with Crippen molar-refractivity contribution in [2.24, 2.45) is 0 Å². The first-order valence-electron chi connectivity index (χ1n) is 6.54. The van der Waals surface area contributed by atoms with Crippen LogP contribution in [-0.2, 0) is 11.3 Å². The summed E-state index contributed by atoms with van der Waals surface area (Å²) in [6.45, 7) is 9.68. The number of nitrogens with one attached hydrogen (secondary N) is 2. The maximum Gasteiger partial charge on any atom is 0.221 e. The molecule has 0 aliphatic heterocycles. The van der Waals surface area contributed by atoms with Crippen LogP contribution in [0.5, 0.6) is 0 Å². The fourth-order valence-electron chi connectivity index (χ4n) is 2.00. The molecule has 1 aromatic rings. The maximum absolute atomic E-state index is 11.4. The molecule has 3 heteroatoms. The largest absolute Gasteiger partial charge is 0.354 e. The standard InChI is InChI=1S/C15H24N2O/c1-11(2)17-15(18)5-6-16-10-14-8-12(3)7-13(4)9-14/h7-9,11,16H,5-6,10H2,1-4H3,(H,17,18). The highest BCUT2D eigenvalue weighted by Crippen LogP contribution is 2.08. The molecule has 0 unspecified atom stereocenters. The Morgan fingerprint density at radius 2 is 1.78 bits per heavy atom. The van der Waals surface area contributed by atoms with Gasteiger partial charge in [0, 0.05) is 25.6 Å². The lowest BCUT2D eigenvalue weighted by Gasteiger charge is -2.09. The Hall–Kier alpha value is -1.35. The zero-order chi connectivity index (χ0) is 13.5. The Labute approximate surface area is 110 Å². The second kappa shape index (κ2) is 7.17. The molecular weight excluding hydrogens is 224 g/mol. The van der Waals surface area contributed by atoms with Crippen LogP contribution in [0.4, 0.5) is 0 Å². The Balaban J connectivity index is 2.27. The summed E-state index contributed by atoms with van der Waals surface area (Å²) < 4.78 is 0. The van der Waals surface area contributed by atoms with E-state index in [9.17, 15) is 4.79 Å². The van der Waals surface area contributed by atoms with Crippen LogP contribution in [0.2, 0.25) is 0 Å². The number of amides is 1. The Morgan fingerprint density at radius 3 is 2.33 bits per heavy atom.